The molecule has 4 saturated carbocycles. The average molecular weight is 373 g/mol. The van der Waals surface area contributed by atoms with Crippen molar-refractivity contribution < 1.29 is 19.1 Å². The maximum Gasteiger partial charge on any atom is 0.309 e. The van der Waals surface area contributed by atoms with Gasteiger partial charge in [0.2, 0.25) is 0 Å². The molecule has 0 saturated heterocycles. The summed E-state index contributed by atoms with van der Waals surface area (Å²) in [4.78, 5) is 25.2. The fraction of sp³-hybridized carbons (Fsp3) is 0.826. The Morgan fingerprint density at radius 3 is 2.37 bits per heavy atom. The monoisotopic (exact) mass is 372 g/mol. The third-order valence-corrected chi connectivity index (χ3v) is 7.98. The molecule has 4 fully saturated rings. The van der Waals surface area contributed by atoms with Crippen LogP contribution in [0.2, 0.25) is 0 Å². The van der Waals surface area contributed by atoms with Crippen molar-refractivity contribution in [3.8, 4) is 0 Å². The van der Waals surface area contributed by atoms with Gasteiger partial charge in [-0.2, -0.15) is 0 Å². The summed E-state index contributed by atoms with van der Waals surface area (Å²) in [5, 5.41) is 0. The molecule has 4 bridgehead atoms. The number of hydrogen-bond acceptors (Lipinski definition) is 4. The summed E-state index contributed by atoms with van der Waals surface area (Å²) in [6, 6.07) is 0. The first-order valence-electron chi connectivity index (χ1n) is 10.9. The van der Waals surface area contributed by atoms with Crippen LogP contribution in [0.15, 0.2) is 12.2 Å². The number of ether oxygens (including phenoxy) is 2. The van der Waals surface area contributed by atoms with Crippen LogP contribution in [-0.2, 0) is 19.1 Å². The minimum atomic E-state index is -0.458. The molecule has 0 radical (unpaired) electrons. The number of carbonyl (C=O) groups excluding carboxylic acids is 2. The van der Waals surface area contributed by atoms with Crippen LogP contribution in [0.5, 0.6) is 0 Å². The zero-order valence-electron chi connectivity index (χ0n) is 16.7. The van der Waals surface area contributed by atoms with Gasteiger partial charge in [0.1, 0.15) is 11.7 Å². The number of carbonyl (C=O) groups is 2. The second kappa shape index (κ2) is 6.09. The summed E-state index contributed by atoms with van der Waals surface area (Å²) in [5.74, 6) is 4.20. The van der Waals surface area contributed by atoms with Crippen LogP contribution in [0.3, 0.4) is 0 Å². The number of hydrogen-bond donors (Lipinski definition) is 0. The molecule has 4 heteroatoms. The Labute approximate surface area is 162 Å². The number of rotatable bonds is 3. The highest BCUT2D eigenvalue weighted by molar-refractivity contribution is 5.75. The molecule has 0 aromatic heterocycles. The van der Waals surface area contributed by atoms with Crippen molar-refractivity contribution in [2.45, 2.75) is 71.0 Å². The molecule has 5 rings (SSSR count). The second-order valence-electron chi connectivity index (χ2n) is 10.7. The molecule has 4 nitrogen and oxygen atoms in total. The van der Waals surface area contributed by atoms with Crippen LogP contribution in [0.1, 0.15) is 59.3 Å². The standard InChI is InChI=1S/C23H32O4/c1-23(2,3)27-21(24)14-6-7-16(9-14)26-22(25)18-11-15-10-17(18)20-13-5-4-12(8-13)19(15)20/h4-5,12-20H,6-11H2,1-3H3. The van der Waals surface area contributed by atoms with E-state index in [9.17, 15) is 9.59 Å². The Morgan fingerprint density at radius 2 is 1.63 bits per heavy atom. The van der Waals surface area contributed by atoms with Gasteiger partial charge >= 0.3 is 11.9 Å². The maximum absolute atomic E-state index is 12.9. The first-order chi connectivity index (χ1) is 12.8. The van der Waals surface area contributed by atoms with Crippen molar-refractivity contribution in [2.24, 2.45) is 47.3 Å². The van der Waals surface area contributed by atoms with Crippen molar-refractivity contribution in [3.05, 3.63) is 12.2 Å². The predicted octanol–water partition coefficient (Wildman–Crippen LogP) is 4.13. The third-order valence-electron chi connectivity index (χ3n) is 7.98. The van der Waals surface area contributed by atoms with E-state index in [4.69, 9.17) is 9.47 Å². The van der Waals surface area contributed by atoms with Crippen LogP contribution in [-0.4, -0.2) is 23.6 Å². The first-order valence-corrected chi connectivity index (χ1v) is 10.9. The van der Waals surface area contributed by atoms with E-state index in [1.165, 1.54) is 12.8 Å². The van der Waals surface area contributed by atoms with E-state index >= 15 is 0 Å². The van der Waals surface area contributed by atoms with E-state index in [1.807, 2.05) is 20.8 Å². The Kier molecular flexibility index (Phi) is 4.00. The van der Waals surface area contributed by atoms with E-state index in [2.05, 4.69) is 12.2 Å². The zero-order valence-corrected chi connectivity index (χ0v) is 16.7. The number of fused-ring (bicyclic) bond motifs is 9. The van der Waals surface area contributed by atoms with Crippen LogP contribution in [0.25, 0.3) is 0 Å². The van der Waals surface area contributed by atoms with Gasteiger partial charge in [0.05, 0.1) is 11.8 Å². The Bertz CT molecular complexity index is 674. The fourth-order valence-electron chi connectivity index (χ4n) is 7.19. The SMILES string of the molecule is CC(C)(C)OC(=O)C1CCC(OC(=O)C2CC3CC2C2C4C=CC(C4)C32)C1. The van der Waals surface area contributed by atoms with Crippen LogP contribution < -0.4 is 0 Å². The van der Waals surface area contributed by atoms with Gasteiger partial charge in [-0.15, -0.1) is 0 Å². The molecule has 9 atom stereocenters. The summed E-state index contributed by atoms with van der Waals surface area (Å²) in [6.07, 6.45) is 10.5. The lowest BCUT2D eigenvalue weighted by atomic mass is 9.69. The molecule has 0 aromatic carbocycles. The van der Waals surface area contributed by atoms with Crippen molar-refractivity contribution >= 4 is 11.9 Å². The number of allylic oxidation sites excluding steroid dienone is 2. The maximum atomic E-state index is 12.9. The van der Waals surface area contributed by atoms with Crippen molar-refractivity contribution in [2.75, 3.05) is 0 Å². The molecule has 0 aliphatic heterocycles. The summed E-state index contributed by atoms with van der Waals surface area (Å²) < 4.78 is 11.4. The minimum Gasteiger partial charge on any atom is -0.462 e. The van der Waals surface area contributed by atoms with Crippen LogP contribution >= 0.6 is 0 Å². The van der Waals surface area contributed by atoms with Crippen LogP contribution in [0.4, 0.5) is 0 Å². The van der Waals surface area contributed by atoms with Crippen LogP contribution in [0, 0.1) is 47.3 Å². The third kappa shape index (κ3) is 2.94. The quantitative estimate of drug-likeness (QED) is 0.425. The summed E-state index contributed by atoms with van der Waals surface area (Å²) >= 11 is 0. The smallest absolute Gasteiger partial charge is 0.309 e. The fourth-order valence-corrected chi connectivity index (χ4v) is 7.19. The lowest BCUT2D eigenvalue weighted by Crippen LogP contribution is -2.36. The number of esters is 2. The van der Waals surface area contributed by atoms with Gasteiger partial charge in [-0.05, 0) is 94.8 Å². The molecule has 148 valence electrons. The summed E-state index contributed by atoms with van der Waals surface area (Å²) in [7, 11) is 0. The molecule has 27 heavy (non-hydrogen) atoms. The highest BCUT2D eigenvalue weighted by Crippen LogP contribution is 2.67. The lowest BCUT2D eigenvalue weighted by Gasteiger charge is -2.36. The molecular formula is C23H32O4. The highest BCUT2D eigenvalue weighted by atomic mass is 16.6. The van der Waals surface area contributed by atoms with Gasteiger partial charge in [-0.3, -0.25) is 9.59 Å². The molecule has 0 aromatic rings. The molecular weight excluding hydrogens is 340 g/mol. The lowest BCUT2D eigenvalue weighted by molar-refractivity contribution is -0.162. The predicted molar refractivity (Wildman–Crippen MR) is 100 cm³/mol. The topological polar surface area (TPSA) is 52.6 Å². The van der Waals surface area contributed by atoms with E-state index in [1.54, 1.807) is 0 Å². The van der Waals surface area contributed by atoms with E-state index in [-0.39, 0.29) is 29.9 Å². The molecule has 0 heterocycles. The first kappa shape index (κ1) is 17.8. The molecule has 9 unspecified atom stereocenters. The van der Waals surface area contributed by atoms with E-state index in [0.717, 1.165) is 42.9 Å². The Hall–Kier alpha value is -1.32. The van der Waals surface area contributed by atoms with E-state index < -0.39 is 5.60 Å². The average Bonchev–Trinajstić information content (AvgIpc) is 3.36. The molecule has 0 spiro atoms. The second-order valence-corrected chi connectivity index (χ2v) is 10.7. The molecule has 5 aliphatic carbocycles. The van der Waals surface area contributed by atoms with Gasteiger partial charge in [-0.1, -0.05) is 12.2 Å². The van der Waals surface area contributed by atoms with Gasteiger partial charge < -0.3 is 9.47 Å². The molecule has 0 amide bonds. The van der Waals surface area contributed by atoms with Gasteiger partial charge in [-0.25, -0.2) is 0 Å². The normalized spacial score (nSPS) is 46.7. The zero-order chi connectivity index (χ0) is 18.9. The Balaban J connectivity index is 1.17. The van der Waals surface area contributed by atoms with Gasteiger partial charge in [0.15, 0.2) is 0 Å². The van der Waals surface area contributed by atoms with E-state index in [0.29, 0.717) is 18.3 Å². The minimum absolute atomic E-state index is 0.0162. The van der Waals surface area contributed by atoms with Gasteiger partial charge in [0, 0.05) is 0 Å². The largest absolute Gasteiger partial charge is 0.462 e. The van der Waals surface area contributed by atoms with Crippen molar-refractivity contribution in [1.29, 1.82) is 0 Å². The summed E-state index contributed by atoms with van der Waals surface area (Å²) in [6.45, 7) is 5.68. The summed E-state index contributed by atoms with van der Waals surface area (Å²) in [5.41, 5.74) is -0.458. The molecule has 5 aliphatic rings. The Morgan fingerprint density at radius 1 is 0.889 bits per heavy atom. The van der Waals surface area contributed by atoms with Crippen molar-refractivity contribution in [1.82, 2.24) is 0 Å². The van der Waals surface area contributed by atoms with Crippen molar-refractivity contribution in [3.63, 3.8) is 0 Å². The van der Waals surface area contributed by atoms with Gasteiger partial charge in [0.25, 0.3) is 0 Å². The molecule has 0 N–H and O–H groups in total. The highest BCUT2D eigenvalue weighted by Gasteiger charge is 2.62.